The summed E-state index contributed by atoms with van der Waals surface area (Å²) in [5, 5.41) is 11.4. The molecule has 0 aliphatic rings. The van der Waals surface area contributed by atoms with Crippen LogP contribution in [-0.4, -0.2) is 34.2 Å². The third-order valence-electron chi connectivity index (χ3n) is 2.19. The van der Waals surface area contributed by atoms with Crippen molar-refractivity contribution in [1.29, 1.82) is 0 Å². The lowest BCUT2D eigenvalue weighted by molar-refractivity contribution is 0.149. The Morgan fingerprint density at radius 3 is 3.06 bits per heavy atom. The van der Waals surface area contributed by atoms with Gasteiger partial charge in [-0.2, -0.15) is 0 Å². The van der Waals surface area contributed by atoms with E-state index in [1.807, 2.05) is 30.0 Å². The van der Waals surface area contributed by atoms with Gasteiger partial charge in [-0.1, -0.05) is 31.2 Å². The number of hydrogen-bond acceptors (Lipinski definition) is 4. The van der Waals surface area contributed by atoms with Gasteiger partial charge in [0.05, 0.1) is 25.5 Å². The topological polar surface area (TPSA) is 52.0 Å². The molecule has 1 aromatic heterocycles. The number of hydrogen-bond donors (Lipinski definition) is 1. The number of rotatable bonds is 8. The van der Waals surface area contributed by atoms with Crippen molar-refractivity contribution in [3.63, 3.8) is 0 Å². The molecule has 5 nitrogen and oxygen atoms in total. The first-order valence-corrected chi connectivity index (χ1v) is 6.03. The summed E-state index contributed by atoms with van der Waals surface area (Å²) in [6, 6.07) is 0.462. The van der Waals surface area contributed by atoms with Crippen LogP contribution in [0, 0.1) is 0 Å². The highest BCUT2D eigenvalue weighted by Gasteiger charge is 2.01. The molecule has 5 heteroatoms. The lowest BCUT2D eigenvalue weighted by Gasteiger charge is -2.04. The minimum Gasteiger partial charge on any atom is -0.375 e. The Morgan fingerprint density at radius 2 is 2.35 bits per heavy atom. The second-order valence-electron chi connectivity index (χ2n) is 4.15. The van der Waals surface area contributed by atoms with Crippen molar-refractivity contribution in [2.75, 3.05) is 13.2 Å². The van der Waals surface area contributed by atoms with Crippen LogP contribution in [0.15, 0.2) is 18.3 Å². The van der Waals surface area contributed by atoms with Gasteiger partial charge >= 0.3 is 0 Å². The lowest BCUT2D eigenvalue weighted by Crippen LogP contribution is -2.21. The first-order valence-electron chi connectivity index (χ1n) is 6.03. The van der Waals surface area contributed by atoms with Crippen LogP contribution < -0.4 is 5.32 Å². The van der Waals surface area contributed by atoms with Crippen LogP contribution in [0.5, 0.6) is 0 Å². The van der Waals surface area contributed by atoms with Crippen LogP contribution in [0.25, 0.3) is 0 Å². The first-order chi connectivity index (χ1) is 8.22. The van der Waals surface area contributed by atoms with Gasteiger partial charge in [-0.3, -0.25) is 0 Å². The van der Waals surface area contributed by atoms with E-state index in [9.17, 15) is 0 Å². The van der Waals surface area contributed by atoms with Gasteiger partial charge < -0.3 is 10.1 Å². The molecule has 0 aromatic carbocycles. The zero-order valence-corrected chi connectivity index (χ0v) is 10.9. The molecule has 0 atom stereocenters. The van der Waals surface area contributed by atoms with Gasteiger partial charge in [0.15, 0.2) is 0 Å². The van der Waals surface area contributed by atoms with Crippen molar-refractivity contribution in [3.05, 3.63) is 24.0 Å². The molecule has 0 unspecified atom stereocenters. The van der Waals surface area contributed by atoms with Crippen LogP contribution >= 0.6 is 0 Å². The zero-order chi connectivity index (χ0) is 12.5. The van der Waals surface area contributed by atoms with Crippen molar-refractivity contribution >= 4 is 0 Å². The van der Waals surface area contributed by atoms with E-state index in [0.29, 0.717) is 19.3 Å². The lowest BCUT2D eigenvalue weighted by atomic mass is 10.3. The highest BCUT2D eigenvalue weighted by atomic mass is 16.5. The minimum atomic E-state index is 0.462. The van der Waals surface area contributed by atoms with Gasteiger partial charge in [-0.05, 0) is 6.92 Å². The summed E-state index contributed by atoms with van der Waals surface area (Å²) in [4.78, 5) is 0. The molecule has 96 valence electrons. The van der Waals surface area contributed by atoms with Gasteiger partial charge in [0.2, 0.25) is 0 Å². The van der Waals surface area contributed by atoms with Crippen LogP contribution in [0.4, 0.5) is 0 Å². The Labute approximate surface area is 103 Å². The normalized spacial score (nSPS) is 11.8. The second-order valence-corrected chi connectivity index (χ2v) is 4.15. The Balaban J connectivity index is 2.21. The average Bonchev–Trinajstić information content (AvgIpc) is 2.74. The maximum Gasteiger partial charge on any atom is 0.0964 e. The maximum atomic E-state index is 5.39. The van der Waals surface area contributed by atoms with Gasteiger partial charge in [-0.15, -0.1) is 5.10 Å². The minimum absolute atomic E-state index is 0.462. The monoisotopic (exact) mass is 238 g/mol. The summed E-state index contributed by atoms with van der Waals surface area (Å²) in [6.45, 7) is 9.02. The van der Waals surface area contributed by atoms with Crippen LogP contribution in [0.1, 0.15) is 26.5 Å². The van der Waals surface area contributed by atoms with Gasteiger partial charge in [-0.25, -0.2) is 4.68 Å². The second kappa shape index (κ2) is 7.97. The molecule has 0 aliphatic carbocycles. The van der Waals surface area contributed by atoms with E-state index < -0.39 is 0 Å². The predicted molar refractivity (Wildman–Crippen MR) is 67.6 cm³/mol. The van der Waals surface area contributed by atoms with Crippen LogP contribution in [0.3, 0.4) is 0 Å². The zero-order valence-electron chi connectivity index (χ0n) is 10.9. The Kier molecular flexibility index (Phi) is 6.50. The van der Waals surface area contributed by atoms with E-state index in [1.54, 1.807) is 0 Å². The smallest absolute Gasteiger partial charge is 0.0964 e. The van der Waals surface area contributed by atoms with Crippen molar-refractivity contribution in [3.8, 4) is 0 Å². The van der Waals surface area contributed by atoms with Crippen molar-refractivity contribution in [2.45, 2.75) is 39.9 Å². The molecule has 0 radical (unpaired) electrons. The number of nitrogens with one attached hydrogen (secondary N) is 1. The summed E-state index contributed by atoms with van der Waals surface area (Å²) in [7, 11) is 0. The summed E-state index contributed by atoms with van der Waals surface area (Å²) < 4.78 is 7.21. The van der Waals surface area contributed by atoms with E-state index in [-0.39, 0.29) is 0 Å². The summed E-state index contributed by atoms with van der Waals surface area (Å²) in [6.07, 6.45) is 5.92. The molecule has 17 heavy (non-hydrogen) atoms. The molecule has 1 heterocycles. The van der Waals surface area contributed by atoms with E-state index in [1.165, 1.54) is 0 Å². The first kappa shape index (κ1) is 13.9. The van der Waals surface area contributed by atoms with Gasteiger partial charge in [0.1, 0.15) is 0 Å². The van der Waals surface area contributed by atoms with Gasteiger partial charge in [0, 0.05) is 18.8 Å². The molecule has 0 aliphatic heterocycles. The fraction of sp³-hybridized carbons (Fsp3) is 0.667. The number of ether oxygens (including phenoxy) is 1. The van der Waals surface area contributed by atoms with Crippen molar-refractivity contribution in [2.24, 2.45) is 0 Å². The van der Waals surface area contributed by atoms with E-state index in [2.05, 4.69) is 29.5 Å². The largest absolute Gasteiger partial charge is 0.375 e. The molecule has 0 amide bonds. The van der Waals surface area contributed by atoms with E-state index in [4.69, 9.17) is 4.74 Å². The quantitative estimate of drug-likeness (QED) is 0.549. The summed E-state index contributed by atoms with van der Waals surface area (Å²) >= 11 is 0. The van der Waals surface area contributed by atoms with E-state index in [0.717, 1.165) is 18.8 Å². The van der Waals surface area contributed by atoms with Crippen LogP contribution in [0.2, 0.25) is 0 Å². The number of aromatic nitrogens is 3. The number of allylic oxidation sites excluding steroid dienone is 1. The van der Waals surface area contributed by atoms with Crippen molar-refractivity contribution < 1.29 is 4.74 Å². The average molecular weight is 238 g/mol. The molecule has 0 bridgehead atoms. The SMILES string of the molecule is C/C=C/COCCn1cc(CNC(C)C)nn1. The Bertz CT molecular complexity index is 333. The highest BCUT2D eigenvalue weighted by Crippen LogP contribution is 1.94. The van der Waals surface area contributed by atoms with Crippen molar-refractivity contribution in [1.82, 2.24) is 20.3 Å². The molecular formula is C12H22N4O. The third-order valence-corrected chi connectivity index (χ3v) is 2.19. The highest BCUT2D eigenvalue weighted by molar-refractivity contribution is 4.91. The Morgan fingerprint density at radius 1 is 1.53 bits per heavy atom. The standard InChI is InChI=1S/C12H22N4O/c1-4-5-7-17-8-6-16-10-12(14-15-16)9-13-11(2)3/h4-5,10-11,13H,6-9H2,1-3H3/b5-4+. The molecule has 0 saturated heterocycles. The fourth-order valence-corrected chi connectivity index (χ4v) is 1.24. The van der Waals surface area contributed by atoms with Gasteiger partial charge in [0.25, 0.3) is 0 Å². The van der Waals surface area contributed by atoms with Crippen LogP contribution in [-0.2, 0) is 17.8 Å². The molecule has 0 fully saturated rings. The van der Waals surface area contributed by atoms with E-state index >= 15 is 0 Å². The third kappa shape index (κ3) is 6.19. The maximum absolute atomic E-state index is 5.39. The molecule has 1 rings (SSSR count). The fourth-order valence-electron chi connectivity index (χ4n) is 1.24. The molecule has 0 spiro atoms. The molecule has 1 aromatic rings. The Hall–Kier alpha value is -1.20. The molecular weight excluding hydrogens is 216 g/mol. The number of nitrogens with zero attached hydrogens (tertiary/aromatic N) is 3. The summed E-state index contributed by atoms with van der Waals surface area (Å²) in [5.41, 5.74) is 0.965. The predicted octanol–water partition coefficient (Wildman–Crippen LogP) is 1.37. The summed E-state index contributed by atoms with van der Waals surface area (Å²) in [5.74, 6) is 0. The molecule has 1 N–H and O–H groups in total. The molecule has 0 saturated carbocycles.